The number of nitrogen functional groups attached to an aromatic ring is 1. The summed E-state index contributed by atoms with van der Waals surface area (Å²) in [6.45, 7) is 1.35. The average Bonchev–Trinajstić information content (AvgIpc) is 3.41. The number of hydrogen-bond acceptors (Lipinski definition) is 8. The van der Waals surface area contributed by atoms with Crippen molar-refractivity contribution >= 4 is 28.7 Å². The van der Waals surface area contributed by atoms with E-state index in [-0.39, 0.29) is 10.6 Å². The van der Waals surface area contributed by atoms with E-state index in [1.165, 1.54) is 6.33 Å². The lowest BCUT2D eigenvalue weighted by Crippen LogP contribution is -2.36. The Labute approximate surface area is 195 Å². The van der Waals surface area contributed by atoms with E-state index in [2.05, 4.69) is 15.0 Å². The molecule has 2 aromatic carbocycles. The van der Waals surface area contributed by atoms with Crippen molar-refractivity contribution in [2.45, 2.75) is 36.0 Å². The number of ether oxygens (including phenoxy) is 2. The van der Waals surface area contributed by atoms with E-state index in [4.69, 9.17) is 15.2 Å². The Kier molecular flexibility index (Phi) is 6.54. The van der Waals surface area contributed by atoms with Crippen LogP contribution in [0.4, 0.5) is 5.82 Å². The minimum absolute atomic E-state index is 0.0749. The van der Waals surface area contributed by atoms with Gasteiger partial charge in [-0.05, 0) is 11.1 Å². The summed E-state index contributed by atoms with van der Waals surface area (Å²) in [6.07, 6.45) is 1.86. The molecular weight excluding hydrogens is 438 g/mol. The molecular formula is C24H25N5O3S. The first-order valence-electron chi connectivity index (χ1n) is 10.7. The molecule has 8 nitrogen and oxygen atoms in total. The molecule has 0 unspecified atom stereocenters. The van der Waals surface area contributed by atoms with Crippen LogP contribution in [0.15, 0.2) is 73.3 Å². The fourth-order valence-corrected chi connectivity index (χ4v) is 5.51. The lowest BCUT2D eigenvalue weighted by Gasteiger charge is -2.22. The highest BCUT2D eigenvalue weighted by molar-refractivity contribution is 8.00. The first-order chi connectivity index (χ1) is 16.2. The van der Waals surface area contributed by atoms with E-state index >= 15 is 0 Å². The second kappa shape index (κ2) is 9.88. The zero-order valence-electron chi connectivity index (χ0n) is 17.9. The first-order valence-corrected chi connectivity index (χ1v) is 11.7. The molecule has 1 fully saturated rings. The van der Waals surface area contributed by atoms with Gasteiger partial charge in [-0.3, -0.25) is 4.57 Å². The summed E-state index contributed by atoms with van der Waals surface area (Å²) < 4.78 is 14.1. The number of nitrogens with two attached hydrogens (primary N) is 1. The maximum atomic E-state index is 11.3. The normalized spacial score (nSPS) is 22.7. The zero-order chi connectivity index (χ0) is 22.6. The second-order valence-corrected chi connectivity index (χ2v) is 9.26. The van der Waals surface area contributed by atoms with E-state index in [9.17, 15) is 5.11 Å². The summed E-state index contributed by atoms with van der Waals surface area (Å²) >= 11 is 1.60. The number of rotatable bonds is 8. The lowest BCUT2D eigenvalue weighted by atomic mass is 10.1. The molecule has 4 atom stereocenters. The van der Waals surface area contributed by atoms with Crippen LogP contribution in [-0.4, -0.2) is 48.7 Å². The van der Waals surface area contributed by atoms with E-state index in [1.807, 2.05) is 65.2 Å². The molecule has 0 saturated carbocycles. The quantitative estimate of drug-likeness (QED) is 0.410. The van der Waals surface area contributed by atoms with E-state index < -0.39 is 12.2 Å². The SMILES string of the molecule is Nc1ncnc2c1ncn2[C@H]1S[C@@H](COCc2ccccc2)[C@H](OCc2ccccc2)[C@@H]1O. The molecule has 1 saturated heterocycles. The Morgan fingerprint density at radius 3 is 2.36 bits per heavy atom. The van der Waals surface area contributed by atoms with Crippen molar-refractivity contribution in [3.05, 3.63) is 84.4 Å². The van der Waals surface area contributed by atoms with Gasteiger partial charge in [-0.15, -0.1) is 11.8 Å². The number of fused-ring (bicyclic) bond motifs is 1. The highest BCUT2D eigenvalue weighted by Gasteiger charge is 2.45. The predicted molar refractivity (Wildman–Crippen MR) is 127 cm³/mol. The molecule has 1 aliphatic rings. The number of aromatic nitrogens is 4. The van der Waals surface area contributed by atoms with Gasteiger partial charge in [-0.25, -0.2) is 15.0 Å². The van der Waals surface area contributed by atoms with Crippen LogP contribution in [0, 0.1) is 0 Å². The Morgan fingerprint density at radius 2 is 1.64 bits per heavy atom. The third-order valence-electron chi connectivity index (χ3n) is 5.65. The maximum Gasteiger partial charge on any atom is 0.166 e. The van der Waals surface area contributed by atoms with E-state index in [0.717, 1.165) is 11.1 Å². The van der Waals surface area contributed by atoms with Crippen LogP contribution in [0.1, 0.15) is 16.5 Å². The molecule has 0 bridgehead atoms. The first kappa shape index (κ1) is 21.8. The Morgan fingerprint density at radius 1 is 0.939 bits per heavy atom. The van der Waals surface area contributed by atoms with Crippen LogP contribution in [0.25, 0.3) is 11.2 Å². The number of nitrogens with zero attached hydrogens (tertiary/aromatic N) is 4. The van der Waals surface area contributed by atoms with Crippen LogP contribution < -0.4 is 5.73 Å². The van der Waals surface area contributed by atoms with Crippen molar-refractivity contribution in [2.24, 2.45) is 0 Å². The van der Waals surface area contributed by atoms with Gasteiger partial charge < -0.3 is 20.3 Å². The minimum Gasteiger partial charge on any atom is -0.387 e. The van der Waals surface area contributed by atoms with Gasteiger partial charge >= 0.3 is 0 Å². The molecule has 9 heteroatoms. The molecule has 3 heterocycles. The van der Waals surface area contributed by atoms with Gasteiger partial charge in [0.15, 0.2) is 11.5 Å². The third kappa shape index (κ3) is 4.72. The number of thioether (sulfide) groups is 1. The summed E-state index contributed by atoms with van der Waals surface area (Å²) in [7, 11) is 0. The van der Waals surface area contributed by atoms with Gasteiger partial charge in [-0.1, -0.05) is 60.7 Å². The molecule has 170 valence electrons. The van der Waals surface area contributed by atoms with Gasteiger partial charge in [0.2, 0.25) is 0 Å². The lowest BCUT2D eigenvalue weighted by molar-refractivity contribution is -0.0547. The van der Waals surface area contributed by atoms with Crippen molar-refractivity contribution in [3.63, 3.8) is 0 Å². The fraction of sp³-hybridized carbons (Fsp3) is 0.292. The van der Waals surface area contributed by atoms with Gasteiger partial charge in [0, 0.05) is 0 Å². The van der Waals surface area contributed by atoms with Crippen LogP contribution >= 0.6 is 11.8 Å². The van der Waals surface area contributed by atoms with Crippen molar-refractivity contribution in [1.82, 2.24) is 19.5 Å². The number of hydrogen-bond donors (Lipinski definition) is 2. The topological polar surface area (TPSA) is 108 Å². The Bertz CT molecular complexity index is 1190. The standard InChI is InChI=1S/C24H25N5O3S/c25-22-19-23(27-14-26-22)29(15-28-19)24-20(30)21(32-12-17-9-5-2-6-10-17)18(33-24)13-31-11-16-7-3-1-4-8-16/h1-10,14-15,18,20-21,24,30H,11-13H2,(H2,25,26,27)/t18-,20-,21-,24-/m0/s1. The summed E-state index contributed by atoms with van der Waals surface area (Å²) in [4.78, 5) is 12.7. The molecule has 0 aliphatic carbocycles. The molecule has 5 rings (SSSR count). The molecule has 33 heavy (non-hydrogen) atoms. The summed E-state index contributed by atoms with van der Waals surface area (Å²) in [6, 6.07) is 20.0. The van der Waals surface area contributed by atoms with Gasteiger partial charge in [0.05, 0.1) is 31.4 Å². The van der Waals surface area contributed by atoms with Crippen molar-refractivity contribution in [3.8, 4) is 0 Å². The second-order valence-electron chi connectivity index (χ2n) is 7.90. The largest absolute Gasteiger partial charge is 0.387 e. The number of aliphatic hydroxyl groups excluding tert-OH is 1. The molecule has 0 spiro atoms. The Hall–Kier alpha value is -2.98. The zero-order valence-corrected chi connectivity index (χ0v) is 18.7. The monoisotopic (exact) mass is 463 g/mol. The fourth-order valence-electron chi connectivity index (χ4n) is 3.98. The number of imidazole rings is 1. The van der Waals surface area contributed by atoms with Crippen LogP contribution in [0.2, 0.25) is 0 Å². The van der Waals surface area contributed by atoms with E-state index in [0.29, 0.717) is 36.8 Å². The summed E-state index contributed by atoms with van der Waals surface area (Å²) in [5.74, 6) is 0.316. The average molecular weight is 464 g/mol. The maximum absolute atomic E-state index is 11.3. The summed E-state index contributed by atoms with van der Waals surface area (Å²) in [5, 5.41) is 10.9. The highest BCUT2D eigenvalue weighted by Crippen LogP contribution is 2.44. The summed E-state index contributed by atoms with van der Waals surface area (Å²) in [5.41, 5.74) is 9.22. The van der Waals surface area contributed by atoms with Crippen LogP contribution in [-0.2, 0) is 22.7 Å². The minimum atomic E-state index is -0.780. The number of aliphatic hydroxyl groups is 1. The highest BCUT2D eigenvalue weighted by atomic mass is 32.2. The molecule has 0 radical (unpaired) electrons. The van der Waals surface area contributed by atoms with Gasteiger partial charge in [-0.2, -0.15) is 0 Å². The van der Waals surface area contributed by atoms with Crippen molar-refractivity contribution in [1.29, 1.82) is 0 Å². The number of benzene rings is 2. The molecule has 4 aromatic rings. The molecule has 1 aliphatic heterocycles. The van der Waals surface area contributed by atoms with Gasteiger partial charge in [0.1, 0.15) is 29.4 Å². The number of anilines is 1. The van der Waals surface area contributed by atoms with Crippen molar-refractivity contribution < 1.29 is 14.6 Å². The van der Waals surface area contributed by atoms with Crippen LogP contribution in [0.5, 0.6) is 0 Å². The van der Waals surface area contributed by atoms with Crippen molar-refractivity contribution in [2.75, 3.05) is 12.3 Å². The third-order valence-corrected chi connectivity index (χ3v) is 7.19. The molecule has 3 N–H and O–H groups in total. The Balaban J connectivity index is 1.35. The molecule has 0 amide bonds. The van der Waals surface area contributed by atoms with Crippen LogP contribution in [0.3, 0.4) is 0 Å². The molecule has 2 aromatic heterocycles. The van der Waals surface area contributed by atoms with E-state index in [1.54, 1.807) is 18.1 Å². The predicted octanol–water partition coefficient (Wildman–Crippen LogP) is 3.19. The van der Waals surface area contributed by atoms with Gasteiger partial charge in [0.25, 0.3) is 0 Å². The smallest absolute Gasteiger partial charge is 0.166 e.